The van der Waals surface area contributed by atoms with Crippen molar-refractivity contribution in [3.8, 4) is 39.6 Å². The molecule has 3 aromatic heterocycles. The zero-order chi connectivity index (χ0) is 37.0. The van der Waals surface area contributed by atoms with E-state index in [4.69, 9.17) is 14.4 Å². The van der Waals surface area contributed by atoms with Crippen molar-refractivity contribution in [2.24, 2.45) is 0 Å². The number of hydrogen-bond donors (Lipinski definition) is 0. The van der Waals surface area contributed by atoms with Gasteiger partial charge in [-0.3, -0.25) is 4.57 Å². The Morgan fingerprint density at radius 2 is 0.821 bits per heavy atom. The SMILES string of the molecule is c1ccc(-c2ccc3oc4ccccc4c4ccccc4c4cc5c6ccccc6n(-c6nc(-c7ccccc7)cc(-c7ccccc7)n6)c5cc4c3c2)cc1. The second-order valence-electron chi connectivity index (χ2n) is 14.2. The molecule has 11 rings (SSSR count). The molecular formula is C52H33N3O. The molecule has 56 heavy (non-hydrogen) atoms. The maximum absolute atomic E-state index is 6.95. The van der Waals surface area contributed by atoms with Gasteiger partial charge in [0.05, 0.1) is 22.4 Å². The lowest BCUT2D eigenvalue weighted by Crippen LogP contribution is -2.04. The topological polar surface area (TPSA) is 43.9 Å². The number of hydrogen-bond acceptors (Lipinski definition) is 3. The fourth-order valence-corrected chi connectivity index (χ4v) is 8.21. The van der Waals surface area contributed by atoms with Crippen molar-refractivity contribution in [1.29, 1.82) is 0 Å². The average molecular weight is 716 g/mol. The summed E-state index contributed by atoms with van der Waals surface area (Å²) in [5.41, 5.74) is 9.72. The number of nitrogens with zero attached hydrogens (tertiary/aromatic N) is 3. The molecule has 0 aliphatic rings. The number of para-hydroxylation sites is 2. The van der Waals surface area contributed by atoms with Crippen LogP contribution in [0.3, 0.4) is 0 Å². The van der Waals surface area contributed by atoms with Crippen LogP contribution in [0.1, 0.15) is 0 Å². The third kappa shape index (κ3) is 5.31. The summed E-state index contributed by atoms with van der Waals surface area (Å²) in [4.78, 5) is 10.6. The lowest BCUT2D eigenvalue weighted by atomic mass is 9.97. The summed E-state index contributed by atoms with van der Waals surface area (Å²) in [7, 11) is 0. The summed E-state index contributed by atoms with van der Waals surface area (Å²) >= 11 is 0. The van der Waals surface area contributed by atoms with Gasteiger partial charge in [-0.2, -0.15) is 0 Å². The molecule has 0 saturated heterocycles. The quantitative estimate of drug-likeness (QED) is 0.182. The predicted molar refractivity (Wildman–Crippen MR) is 233 cm³/mol. The fraction of sp³-hybridized carbons (Fsp3) is 0. The van der Waals surface area contributed by atoms with Gasteiger partial charge in [0.2, 0.25) is 5.95 Å². The molecule has 0 aliphatic carbocycles. The molecular weight excluding hydrogens is 683 g/mol. The van der Waals surface area contributed by atoms with Crippen molar-refractivity contribution >= 4 is 65.3 Å². The summed E-state index contributed by atoms with van der Waals surface area (Å²) in [6.45, 7) is 0. The minimum absolute atomic E-state index is 0.613. The summed E-state index contributed by atoms with van der Waals surface area (Å²) in [6, 6.07) is 70.2. The first kappa shape index (κ1) is 31.9. The van der Waals surface area contributed by atoms with Crippen LogP contribution in [-0.4, -0.2) is 14.5 Å². The van der Waals surface area contributed by atoms with Crippen LogP contribution in [0, 0.1) is 0 Å². The molecule has 0 aliphatic heterocycles. The van der Waals surface area contributed by atoms with E-state index in [2.05, 4.69) is 187 Å². The van der Waals surface area contributed by atoms with Crippen molar-refractivity contribution in [3.63, 3.8) is 0 Å². The first-order valence-electron chi connectivity index (χ1n) is 18.9. The molecule has 0 unspecified atom stereocenters. The minimum atomic E-state index is 0.613. The molecule has 0 radical (unpaired) electrons. The van der Waals surface area contributed by atoms with Crippen LogP contribution in [0.4, 0.5) is 0 Å². The van der Waals surface area contributed by atoms with Crippen LogP contribution < -0.4 is 0 Å². The first-order chi connectivity index (χ1) is 27.8. The van der Waals surface area contributed by atoms with E-state index in [1.54, 1.807) is 0 Å². The number of rotatable bonds is 4. The normalized spacial score (nSPS) is 11.6. The van der Waals surface area contributed by atoms with Gasteiger partial charge < -0.3 is 4.42 Å². The Bertz CT molecular complexity index is 3290. The lowest BCUT2D eigenvalue weighted by molar-refractivity contribution is 0.663. The molecule has 262 valence electrons. The van der Waals surface area contributed by atoms with E-state index < -0.39 is 0 Å². The highest BCUT2D eigenvalue weighted by Crippen LogP contribution is 2.40. The highest BCUT2D eigenvalue weighted by atomic mass is 16.3. The van der Waals surface area contributed by atoms with Crippen LogP contribution in [0.5, 0.6) is 0 Å². The van der Waals surface area contributed by atoms with Gasteiger partial charge in [-0.05, 0) is 75.1 Å². The van der Waals surface area contributed by atoms with Crippen molar-refractivity contribution in [2.45, 2.75) is 0 Å². The summed E-state index contributed by atoms with van der Waals surface area (Å²) in [6.07, 6.45) is 0. The third-order valence-corrected chi connectivity index (χ3v) is 10.9. The van der Waals surface area contributed by atoms with Gasteiger partial charge in [-0.1, -0.05) is 158 Å². The van der Waals surface area contributed by atoms with Crippen LogP contribution in [0.15, 0.2) is 205 Å². The van der Waals surface area contributed by atoms with Gasteiger partial charge in [0.1, 0.15) is 11.2 Å². The smallest absolute Gasteiger partial charge is 0.235 e. The Morgan fingerprint density at radius 1 is 0.304 bits per heavy atom. The molecule has 0 saturated carbocycles. The molecule has 3 heterocycles. The summed E-state index contributed by atoms with van der Waals surface area (Å²) in [5.74, 6) is 0.613. The van der Waals surface area contributed by atoms with E-state index >= 15 is 0 Å². The van der Waals surface area contributed by atoms with E-state index in [0.29, 0.717) is 5.95 Å². The van der Waals surface area contributed by atoms with Crippen LogP contribution in [-0.2, 0) is 0 Å². The van der Waals surface area contributed by atoms with Gasteiger partial charge >= 0.3 is 0 Å². The Kier molecular flexibility index (Phi) is 7.46. The van der Waals surface area contributed by atoms with E-state index in [9.17, 15) is 0 Å². The van der Waals surface area contributed by atoms with E-state index in [1.165, 1.54) is 0 Å². The fourth-order valence-electron chi connectivity index (χ4n) is 8.21. The van der Waals surface area contributed by atoms with E-state index in [0.717, 1.165) is 98.9 Å². The molecule has 0 bridgehead atoms. The Labute approximate surface area is 322 Å². The van der Waals surface area contributed by atoms with Crippen molar-refractivity contribution in [2.75, 3.05) is 0 Å². The lowest BCUT2D eigenvalue weighted by Gasteiger charge is -2.12. The van der Waals surface area contributed by atoms with Gasteiger partial charge in [-0.25, -0.2) is 9.97 Å². The molecule has 8 aromatic carbocycles. The zero-order valence-electron chi connectivity index (χ0n) is 30.3. The highest BCUT2D eigenvalue weighted by Gasteiger charge is 2.19. The highest BCUT2D eigenvalue weighted by molar-refractivity contribution is 6.24. The number of aromatic nitrogens is 3. The predicted octanol–water partition coefficient (Wildman–Crippen LogP) is 13.9. The molecule has 0 amide bonds. The van der Waals surface area contributed by atoms with Crippen molar-refractivity contribution < 1.29 is 4.42 Å². The largest absolute Gasteiger partial charge is 0.456 e. The number of fused-ring (bicyclic) bond motifs is 10. The van der Waals surface area contributed by atoms with Crippen LogP contribution >= 0.6 is 0 Å². The maximum atomic E-state index is 6.95. The van der Waals surface area contributed by atoms with Gasteiger partial charge in [0.15, 0.2) is 0 Å². The first-order valence-corrected chi connectivity index (χ1v) is 18.9. The van der Waals surface area contributed by atoms with Crippen molar-refractivity contribution in [3.05, 3.63) is 200 Å². The molecule has 4 nitrogen and oxygen atoms in total. The van der Waals surface area contributed by atoms with E-state index in [1.807, 2.05) is 18.2 Å². The standard InChI is InChI=1S/C52H33N3O/c1-4-16-34(17-5-1)37-28-29-51-45(30-37)43-32-49-44(31-42(43)39-23-11-10-22-38(39)41-25-13-15-27-50(41)56-51)40-24-12-14-26-48(40)55(49)52-53-46(35-18-6-2-7-19-35)33-47(54-52)36-20-8-3-9-21-36/h1-33H. The van der Waals surface area contributed by atoms with Crippen molar-refractivity contribution in [1.82, 2.24) is 14.5 Å². The summed E-state index contributed by atoms with van der Waals surface area (Å²) in [5, 5.41) is 8.78. The second kappa shape index (κ2) is 13.1. The molecule has 0 atom stereocenters. The van der Waals surface area contributed by atoms with Gasteiger partial charge in [0.25, 0.3) is 0 Å². The van der Waals surface area contributed by atoms with Gasteiger partial charge in [0, 0.05) is 32.7 Å². The summed E-state index contributed by atoms with van der Waals surface area (Å²) < 4.78 is 9.19. The molecule has 0 fully saturated rings. The van der Waals surface area contributed by atoms with E-state index in [-0.39, 0.29) is 0 Å². The second-order valence-corrected chi connectivity index (χ2v) is 14.2. The van der Waals surface area contributed by atoms with Crippen LogP contribution in [0.25, 0.3) is 105 Å². The van der Waals surface area contributed by atoms with Gasteiger partial charge in [-0.15, -0.1) is 0 Å². The monoisotopic (exact) mass is 715 g/mol. The Balaban J connectivity index is 1.34. The average Bonchev–Trinajstić information content (AvgIpc) is 3.62. The molecule has 0 N–H and O–H groups in total. The molecule has 4 heteroatoms. The zero-order valence-corrected chi connectivity index (χ0v) is 30.3. The van der Waals surface area contributed by atoms with Crippen LogP contribution in [0.2, 0.25) is 0 Å². The maximum Gasteiger partial charge on any atom is 0.235 e. The Hall–Kier alpha value is -7.56. The third-order valence-electron chi connectivity index (χ3n) is 10.9. The Morgan fingerprint density at radius 3 is 1.50 bits per heavy atom. The minimum Gasteiger partial charge on any atom is -0.456 e. The number of benzene rings is 8. The molecule has 11 aromatic rings. The molecule has 0 spiro atoms.